The van der Waals surface area contributed by atoms with Gasteiger partial charge in [0, 0.05) is 32.4 Å². The molecule has 1 unspecified atom stereocenters. The van der Waals surface area contributed by atoms with E-state index in [-0.39, 0.29) is 11.4 Å². The first kappa shape index (κ1) is 15.7. The summed E-state index contributed by atoms with van der Waals surface area (Å²) in [5, 5.41) is 4.36. The number of anilines is 1. The SMILES string of the molecule is CN1CC(=O)N(c2cccnc2)CC12CCN(Cc1ccsc1)C2. The Kier molecular flexibility index (Phi) is 4.12. The molecule has 1 amide bonds. The van der Waals surface area contributed by atoms with E-state index in [0.717, 1.165) is 38.3 Å². The monoisotopic (exact) mass is 342 g/mol. The molecule has 2 aliphatic rings. The lowest BCUT2D eigenvalue weighted by Crippen LogP contribution is -2.64. The van der Waals surface area contributed by atoms with Gasteiger partial charge in [0.25, 0.3) is 0 Å². The van der Waals surface area contributed by atoms with Gasteiger partial charge in [0.15, 0.2) is 0 Å². The minimum atomic E-state index is 0.0414. The molecule has 0 N–H and O–H groups in total. The Bertz CT molecular complexity index is 705. The summed E-state index contributed by atoms with van der Waals surface area (Å²) in [6.07, 6.45) is 4.63. The van der Waals surface area contributed by atoms with Gasteiger partial charge in [-0.25, -0.2) is 0 Å². The van der Waals surface area contributed by atoms with Crippen LogP contribution in [0.2, 0.25) is 0 Å². The standard InChI is InChI=1S/C18H22N4OS/c1-20-11-17(23)22(16-3-2-6-19-9-16)14-18(20)5-7-21(13-18)10-15-4-8-24-12-15/h2-4,6,8-9,12H,5,7,10-11,13-14H2,1H3. The van der Waals surface area contributed by atoms with Crippen molar-refractivity contribution in [2.75, 3.05) is 38.1 Å². The van der Waals surface area contributed by atoms with Gasteiger partial charge >= 0.3 is 0 Å². The Morgan fingerprint density at radius 1 is 1.33 bits per heavy atom. The van der Waals surface area contributed by atoms with E-state index in [4.69, 9.17) is 0 Å². The summed E-state index contributed by atoms with van der Waals surface area (Å²) in [5.41, 5.74) is 2.33. The van der Waals surface area contributed by atoms with Crippen molar-refractivity contribution in [3.05, 3.63) is 46.9 Å². The van der Waals surface area contributed by atoms with Crippen LogP contribution in [0.15, 0.2) is 41.4 Å². The second kappa shape index (κ2) is 6.27. The largest absolute Gasteiger partial charge is 0.308 e. The summed E-state index contributed by atoms with van der Waals surface area (Å²) in [5.74, 6) is 0.160. The predicted molar refractivity (Wildman–Crippen MR) is 96.2 cm³/mol. The molecule has 0 radical (unpaired) electrons. The minimum Gasteiger partial charge on any atom is -0.308 e. The summed E-state index contributed by atoms with van der Waals surface area (Å²) < 4.78 is 0. The van der Waals surface area contributed by atoms with Gasteiger partial charge in [-0.05, 0) is 48.0 Å². The molecule has 0 aliphatic carbocycles. The fourth-order valence-corrected chi connectivity index (χ4v) is 4.52. The maximum Gasteiger partial charge on any atom is 0.241 e. The zero-order valence-electron chi connectivity index (χ0n) is 13.9. The number of hydrogen-bond donors (Lipinski definition) is 0. The van der Waals surface area contributed by atoms with E-state index in [9.17, 15) is 4.79 Å². The van der Waals surface area contributed by atoms with Crippen molar-refractivity contribution < 1.29 is 4.79 Å². The summed E-state index contributed by atoms with van der Waals surface area (Å²) in [6, 6.07) is 6.07. The number of thiophene rings is 1. The van der Waals surface area contributed by atoms with Crippen molar-refractivity contribution in [3.63, 3.8) is 0 Å². The maximum atomic E-state index is 12.5. The Morgan fingerprint density at radius 2 is 2.25 bits per heavy atom. The van der Waals surface area contributed by atoms with Gasteiger partial charge in [-0.1, -0.05) is 0 Å². The number of nitrogens with zero attached hydrogens (tertiary/aromatic N) is 4. The van der Waals surface area contributed by atoms with Crippen LogP contribution in [0.5, 0.6) is 0 Å². The number of likely N-dealkylation sites (N-methyl/N-ethyl adjacent to an activating group) is 1. The van der Waals surface area contributed by atoms with Gasteiger partial charge in [0.1, 0.15) is 0 Å². The van der Waals surface area contributed by atoms with Crippen LogP contribution in [0.4, 0.5) is 5.69 Å². The normalized spacial score (nSPS) is 25.7. The fourth-order valence-electron chi connectivity index (χ4n) is 3.86. The number of likely N-dealkylation sites (tertiary alicyclic amines) is 1. The molecule has 1 atom stereocenters. The van der Waals surface area contributed by atoms with Crippen LogP contribution in [-0.2, 0) is 11.3 Å². The molecule has 2 aliphatic heterocycles. The molecule has 4 heterocycles. The molecule has 2 fully saturated rings. The third-order valence-corrected chi connectivity index (χ3v) is 6.02. The van der Waals surface area contributed by atoms with Gasteiger partial charge in [0.05, 0.1) is 24.0 Å². The molecular formula is C18H22N4OS. The Hall–Kier alpha value is -1.76. The van der Waals surface area contributed by atoms with Crippen molar-refractivity contribution >= 4 is 22.9 Å². The van der Waals surface area contributed by atoms with Crippen LogP contribution in [0.1, 0.15) is 12.0 Å². The second-order valence-electron chi connectivity index (χ2n) is 6.86. The van der Waals surface area contributed by atoms with E-state index in [1.54, 1.807) is 23.7 Å². The lowest BCUT2D eigenvalue weighted by molar-refractivity contribution is -0.123. The van der Waals surface area contributed by atoms with E-state index < -0.39 is 0 Å². The van der Waals surface area contributed by atoms with Gasteiger partial charge in [-0.15, -0.1) is 0 Å². The van der Waals surface area contributed by atoms with E-state index in [2.05, 4.69) is 38.7 Å². The minimum absolute atomic E-state index is 0.0414. The number of pyridine rings is 1. The zero-order chi connectivity index (χ0) is 16.6. The average molecular weight is 342 g/mol. The quantitative estimate of drug-likeness (QED) is 0.856. The van der Waals surface area contributed by atoms with Crippen LogP contribution in [-0.4, -0.2) is 59.5 Å². The summed E-state index contributed by atoms with van der Waals surface area (Å²) in [6.45, 7) is 4.30. The number of carbonyl (C=O) groups is 1. The number of piperazine rings is 1. The van der Waals surface area contributed by atoms with E-state index in [0.29, 0.717) is 6.54 Å². The molecule has 0 aromatic carbocycles. The number of aromatic nitrogens is 1. The molecule has 2 saturated heterocycles. The molecule has 24 heavy (non-hydrogen) atoms. The first-order valence-corrected chi connectivity index (χ1v) is 9.26. The first-order chi connectivity index (χ1) is 11.7. The first-order valence-electron chi connectivity index (χ1n) is 8.31. The number of hydrogen-bond acceptors (Lipinski definition) is 5. The van der Waals surface area contributed by atoms with E-state index in [1.807, 2.05) is 17.0 Å². The van der Waals surface area contributed by atoms with Crippen LogP contribution in [0.25, 0.3) is 0 Å². The van der Waals surface area contributed by atoms with Crippen LogP contribution < -0.4 is 4.90 Å². The number of rotatable bonds is 3. The third-order valence-electron chi connectivity index (χ3n) is 5.29. The zero-order valence-corrected chi connectivity index (χ0v) is 14.7. The van der Waals surface area contributed by atoms with Crippen molar-refractivity contribution in [1.82, 2.24) is 14.8 Å². The highest BCUT2D eigenvalue weighted by atomic mass is 32.1. The van der Waals surface area contributed by atoms with Crippen molar-refractivity contribution in [2.45, 2.75) is 18.5 Å². The average Bonchev–Trinajstić information content (AvgIpc) is 3.23. The van der Waals surface area contributed by atoms with E-state index in [1.165, 1.54) is 5.56 Å². The number of amides is 1. The highest BCUT2D eigenvalue weighted by Crippen LogP contribution is 2.33. The topological polar surface area (TPSA) is 39.7 Å². The predicted octanol–water partition coefficient (Wildman–Crippen LogP) is 2.07. The molecule has 1 spiro atoms. The molecular weight excluding hydrogens is 320 g/mol. The van der Waals surface area contributed by atoms with Crippen LogP contribution in [0, 0.1) is 0 Å². The summed E-state index contributed by atoms with van der Waals surface area (Å²) in [7, 11) is 2.09. The Balaban J connectivity index is 1.52. The van der Waals surface area contributed by atoms with Crippen LogP contribution in [0.3, 0.4) is 0 Å². The highest BCUT2D eigenvalue weighted by Gasteiger charge is 2.47. The Morgan fingerprint density at radius 3 is 3.00 bits per heavy atom. The van der Waals surface area contributed by atoms with Crippen molar-refractivity contribution in [3.8, 4) is 0 Å². The van der Waals surface area contributed by atoms with E-state index >= 15 is 0 Å². The van der Waals surface area contributed by atoms with Gasteiger partial charge in [0.2, 0.25) is 5.91 Å². The van der Waals surface area contributed by atoms with Gasteiger partial charge in [-0.3, -0.25) is 19.6 Å². The highest BCUT2D eigenvalue weighted by molar-refractivity contribution is 7.07. The van der Waals surface area contributed by atoms with Gasteiger partial charge in [-0.2, -0.15) is 11.3 Å². The van der Waals surface area contributed by atoms with Crippen LogP contribution >= 0.6 is 11.3 Å². The molecule has 4 rings (SSSR count). The smallest absolute Gasteiger partial charge is 0.241 e. The molecule has 126 valence electrons. The lowest BCUT2D eigenvalue weighted by Gasteiger charge is -2.46. The molecule has 0 saturated carbocycles. The van der Waals surface area contributed by atoms with Gasteiger partial charge < -0.3 is 4.90 Å². The Labute approximate surface area is 146 Å². The second-order valence-corrected chi connectivity index (χ2v) is 7.64. The molecule has 0 bridgehead atoms. The molecule has 6 heteroatoms. The fraction of sp³-hybridized carbons (Fsp3) is 0.444. The lowest BCUT2D eigenvalue weighted by atomic mass is 9.92. The summed E-state index contributed by atoms with van der Waals surface area (Å²) >= 11 is 1.75. The summed E-state index contributed by atoms with van der Waals surface area (Å²) in [4.78, 5) is 23.4. The third kappa shape index (κ3) is 2.85. The number of carbonyl (C=O) groups excluding carboxylic acids is 1. The maximum absolute atomic E-state index is 12.5. The molecule has 2 aromatic rings. The molecule has 2 aromatic heterocycles. The van der Waals surface area contributed by atoms with Crippen molar-refractivity contribution in [1.29, 1.82) is 0 Å². The molecule has 5 nitrogen and oxygen atoms in total. The van der Waals surface area contributed by atoms with Crippen molar-refractivity contribution in [2.24, 2.45) is 0 Å².